The van der Waals surface area contributed by atoms with E-state index < -0.39 is 10.7 Å². The standard InChI is InChI=1S/C12H22O3S/c1-12(2,11(14)15)16-8-10(13)7-9-5-3-4-6-9/h9-10,13H,3-8H2,1-2H3,(H,14,15). The number of hydrogen-bond donors (Lipinski definition) is 2. The van der Waals surface area contributed by atoms with Crippen LogP contribution >= 0.6 is 11.8 Å². The molecule has 0 aromatic carbocycles. The molecular formula is C12H22O3S. The van der Waals surface area contributed by atoms with Crippen LogP contribution in [0, 0.1) is 5.92 Å². The summed E-state index contributed by atoms with van der Waals surface area (Å²) in [5.41, 5.74) is 0. The van der Waals surface area contributed by atoms with E-state index in [1.807, 2.05) is 0 Å². The van der Waals surface area contributed by atoms with Crippen LogP contribution < -0.4 is 0 Å². The number of thioether (sulfide) groups is 1. The minimum absolute atomic E-state index is 0.355. The van der Waals surface area contributed by atoms with Gasteiger partial charge in [0.15, 0.2) is 0 Å². The van der Waals surface area contributed by atoms with E-state index in [1.54, 1.807) is 13.8 Å². The van der Waals surface area contributed by atoms with Crippen LogP contribution in [-0.2, 0) is 4.79 Å². The highest BCUT2D eigenvalue weighted by molar-refractivity contribution is 8.01. The Hall–Kier alpha value is -0.220. The normalized spacial score (nSPS) is 19.9. The maximum absolute atomic E-state index is 10.9. The summed E-state index contributed by atoms with van der Waals surface area (Å²) in [6.07, 6.45) is 5.50. The van der Waals surface area contributed by atoms with Gasteiger partial charge in [0.25, 0.3) is 0 Å². The van der Waals surface area contributed by atoms with Gasteiger partial charge in [0, 0.05) is 5.75 Å². The van der Waals surface area contributed by atoms with Crippen LogP contribution in [-0.4, -0.2) is 32.8 Å². The number of carbonyl (C=O) groups is 1. The van der Waals surface area contributed by atoms with Crippen LogP contribution in [0.4, 0.5) is 0 Å². The molecule has 0 saturated heterocycles. The molecule has 0 radical (unpaired) electrons. The lowest BCUT2D eigenvalue weighted by molar-refractivity contribution is -0.138. The Morgan fingerprint density at radius 3 is 2.50 bits per heavy atom. The van der Waals surface area contributed by atoms with E-state index >= 15 is 0 Å². The number of aliphatic carboxylic acids is 1. The molecule has 1 rings (SSSR count). The average Bonchev–Trinajstić information content (AvgIpc) is 2.67. The van der Waals surface area contributed by atoms with Gasteiger partial charge >= 0.3 is 5.97 Å². The van der Waals surface area contributed by atoms with Crippen LogP contribution in [0.15, 0.2) is 0 Å². The maximum Gasteiger partial charge on any atom is 0.319 e. The molecule has 1 fully saturated rings. The van der Waals surface area contributed by atoms with Crippen molar-refractivity contribution in [2.24, 2.45) is 5.92 Å². The molecule has 16 heavy (non-hydrogen) atoms. The van der Waals surface area contributed by atoms with Crippen molar-refractivity contribution >= 4 is 17.7 Å². The zero-order valence-electron chi connectivity index (χ0n) is 10.1. The topological polar surface area (TPSA) is 57.5 Å². The SMILES string of the molecule is CC(C)(SCC(O)CC1CCCC1)C(=O)O. The first kappa shape index (κ1) is 13.8. The smallest absolute Gasteiger partial charge is 0.319 e. The van der Waals surface area contributed by atoms with Gasteiger partial charge in [0.1, 0.15) is 4.75 Å². The molecule has 0 heterocycles. The number of aliphatic hydroxyl groups is 1. The van der Waals surface area contributed by atoms with E-state index in [-0.39, 0.29) is 6.10 Å². The zero-order chi connectivity index (χ0) is 12.2. The lowest BCUT2D eigenvalue weighted by Crippen LogP contribution is -2.29. The highest BCUT2D eigenvalue weighted by Gasteiger charge is 2.29. The number of carboxylic acid groups (broad SMARTS) is 1. The summed E-state index contributed by atoms with van der Waals surface area (Å²) in [4.78, 5) is 10.9. The first-order chi connectivity index (χ1) is 7.42. The molecule has 4 heteroatoms. The molecule has 0 aromatic heterocycles. The van der Waals surface area contributed by atoms with Gasteiger partial charge in [-0.05, 0) is 26.2 Å². The van der Waals surface area contributed by atoms with Gasteiger partial charge in [0.2, 0.25) is 0 Å². The van der Waals surface area contributed by atoms with Crippen molar-refractivity contribution in [3.05, 3.63) is 0 Å². The van der Waals surface area contributed by atoms with Crippen molar-refractivity contribution in [2.75, 3.05) is 5.75 Å². The van der Waals surface area contributed by atoms with Gasteiger partial charge in [-0.2, -0.15) is 0 Å². The molecule has 0 spiro atoms. The molecule has 2 N–H and O–H groups in total. The van der Waals surface area contributed by atoms with E-state index in [1.165, 1.54) is 37.4 Å². The monoisotopic (exact) mass is 246 g/mol. The summed E-state index contributed by atoms with van der Waals surface area (Å²) in [6.45, 7) is 3.37. The van der Waals surface area contributed by atoms with Crippen LogP contribution in [0.5, 0.6) is 0 Å². The number of aliphatic hydroxyl groups excluding tert-OH is 1. The second kappa shape index (κ2) is 5.92. The average molecular weight is 246 g/mol. The molecule has 1 aliphatic rings. The quantitative estimate of drug-likeness (QED) is 0.756. The van der Waals surface area contributed by atoms with E-state index in [9.17, 15) is 9.90 Å². The lowest BCUT2D eigenvalue weighted by atomic mass is 10.0. The Morgan fingerprint density at radius 2 is 2.00 bits per heavy atom. The molecule has 1 atom stereocenters. The highest BCUT2D eigenvalue weighted by atomic mass is 32.2. The van der Waals surface area contributed by atoms with Crippen molar-refractivity contribution < 1.29 is 15.0 Å². The molecule has 1 aliphatic carbocycles. The first-order valence-electron chi connectivity index (χ1n) is 5.97. The minimum Gasteiger partial charge on any atom is -0.480 e. The Labute approximate surface area is 102 Å². The summed E-state index contributed by atoms with van der Waals surface area (Å²) in [5, 5.41) is 18.8. The van der Waals surface area contributed by atoms with Crippen LogP contribution in [0.3, 0.4) is 0 Å². The van der Waals surface area contributed by atoms with Gasteiger partial charge < -0.3 is 10.2 Å². The van der Waals surface area contributed by atoms with Crippen molar-refractivity contribution in [1.82, 2.24) is 0 Å². The van der Waals surface area contributed by atoms with Crippen molar-refractivity contribution in [2.45, 2.75) is 56.8 Å². The van der Waals surface area contributed by atoms with Crippen molar-refractivity contribution in [1.29, 1.82) is 0 Å². The summed E-state index contributed by atoms with van der Waals surface area (Å²) in [5.74, 6) is 0.365. The maximum atomic E-state index is 10.9. The van der Waals surface area contributed by atoms with Crippen LogP contribution in [0.2, 0.25) is 0 Å². The molecule has 3 nitrogen and oxygen atoms in total. The van der Waals surface area contributed by atoms with Crippen molar-refractivity contribution in [3.8, 4) is 0 Å². The van der Waals surface area contributed by atoms with Gasteiger partial charge in [-0.15, -0.1) is 11.8 Å². The van der Waals surface area contributed by atoms with Gasteiger partial charge in [-0.3, -0.25) is 4.79 Å². The Balaban J connectivity index is 2.23. The largest absolute Gasteiger partial charge is 0.480 e. The van der Waals surface area contributed by atoms with E-state index in [2.05, 4.69) is 0 Å². The Morgan fingerprint density at radius 1 is 1.44 bits per heavy atom. The van der Waals surface area contributed by atoms with E-state index in [4.69, 9.17) is 5.11 Å². The van der Waals surface area contributed by atoms with Gasteiger partial charge in [0.05, 0.1) is 6.10 Å². The molecular weight excluding hydrogens is 224 g/mol. The molecule has 1 unspecified atom stereocenters. The fourth-order valence-corrected chi connectivity index (χ4v) is 2.93. The third-order valence-corrected chi connectivity index (χ3v) is 4.68. The van der Waals surface area contributed by atoms with Crippen LogP contribution in [0.1, 0.15) is 46.0 Å². The highest BCUT2D eigenvalue weighted by Crippen LogP contribution is 2.31. The first-order valence-corrected chi connectivity index (χ1v) is 6.96. The summed E-state index contributed by atoms with van der Waals surface area (Å²) >= 11 is 1.33. The molecule has 94 valence electrons. The van der Waals surface area contributed by atoms with E-state index in [0.717, 1.165) is 6.42 Å². The molecule has 0 amide bonds. The molecule has 1 saturated carbocycles. The Bertz CT molecular complexity index is 234. The second-order valence-corrected chi connectivity index (χ2v) is 6.81. The fourth-order valence-electron chi connectivity index (χ4n) is 2.07. The second-order valence-electron chi connectivity index (χ2n) is 5.17. The van der Waals surface area contributed by atoms with E-state index in [0.29, 0.717) is 11.7 Å². The predicted octanol–water partition coefficient (Wildman–Crippen LogP) is 2.52. The predicted molar refractivity (Wildman–Crippen MR) is 66.8 cm³/mol. The number of hydrogen-bond acceptors (Lipinski definition) is 3. The van der Waals surface area contributed by atoms with Crippen molar-refractivity contribution in [3.63, 3.8) is 0 Å². The third kappa shape index (κ3) is 4.34. The summed E-state index contributed by atoms with van der Waals surface area (Å²) in [7, 11) is 0. The third-order valence-electron chi connectivity index (χ3n) is 3.23. The lowest BCUT2D eigenvalue weighted by Gasteiger charge is -2.21. The molecule has 0 bridgehead atoms. The Kier molecular flexibility index (Phi) is 5.12. The van der Waals surface area contributed by atoms with Crippen LogP contribution in [0.25, 0.3) is 0 Å². The number of rotatable bonds is 6. The fraction of sp³-hybridized carbons (Fsp3) is 0.917. The zero-order valence-corrected chi connectivity index (χ0v) is 10.9. The van der Waals surface area contributed by atoms with Gasteiger partial charge in [-0.1, -0.05) is 25.7 Å². The van der Waals surface area contributed by atoms with Gasteiger partial charge in [-0.25, -0.2) is 0 Å². The molecule has 0 aromatic rings. The summed E-state index contributed by atoms with van der Waals surface area (Å²) < 4.78 is -0.795. The molecule has 0 aliphatic heterocycles. The number of carboxylic acids is 1. The summed E-state index contributed by atoms with van der Waals surface area (Å²) in [6, 6.07) is 0. The minimum atomic E-state index is -0.814.